The highest BCUT2D eigenvalue weighted by Gasteiger charge is 2.15. The van der Waals surface area contributed by atoms with Crippen LogP contribution in [0.3, 0.4) is 0 Å². The van der Waals surface area contributed by atoms with Crippen molar-refractivity contribution in [1.29, 1.82) is 0 Å². The Morgan fingerprint density at radius 3 is 2.10 bits per heavy atom. The maximum atomic E-state index is 12.5. The molecule has 1 amide bonds. The largest absolute Gasteiger partial charge is 0.399 e. The molecule has 5 heteroatoms. The summed E-state index contributed by atoms with van der Waals surface area (Å²) < 4.78 is 1.48. The number of benzene rings is 2. The molecule has 0 fully saturated rings. The Morgan fingerprint density at radius 1 is 1.10 bits per heavy atom. The molecule has 0 aliphatic heterocycles. The van der Waals surface area contributed by atoms with Crippen molar-refractivity contribution in [3.63, 3.8) is 0 Å². The highest BCUT2D eigenvalue weighted by molar-refractivity contribution is 9.11. The first-order chi connectivity index (χ1) is 9.40. The minimum atomic E-state index is -0.133. The topological polar surface area (TPSA) is 55.1 Å². The van der Waals surface area contributed by atoms with Crippen LogP contribution < -0.4 is 11.1 Å². The van der Waals surface area contributed by atoms with Crippen molar-refractivity contribution in [3.05, 3.63) is 56.0 Å². The molecule has 0 unspecified atom stereocenters. The third-order valence-electron chi connectivity index (χ3n) is 3.01. The van der Waals surface area contributed by atoms with Gasteiger partial charge in [0.05, 0.1) is 5.69 Å². The standard InChI is InChI=1S/C15H14Br2N2O/c1-8-4-3-5-9(2)13(8)15(20)19-14-11(16)6-10(18)7-12(14)17/h3-7H,18H2,1-2H3,(H,19,20). The van der Waals surface area contributed by atoms with Gasteiger partial charge < -0.3 is 11.1 Å². The molecule has 20 heavy (non-hydrogen) atoms. The number of hydrogen-bond donors (Lipinski definition) is 2. The molecule has 0 radical (unpaired) electrons. The van der Waals surface area contributed by atoms with Crippen molar-refractivity contribution in [2.24, 2.45) is 0 Å². The lowest BCUT2D eigenvalue weighted by Gasteiger charge is -2.13. The third kappa shape index (κ3) is 3.04. The molecule has 0 aliphatic rings. The number of hydrogen-bond acceptors (Lipinski definition) is 2. The summed E-state index contributed by atoms with van der Waals surface area (Å²) in [5, 5.41) is 2.92. The summed E-state index contributed by atoms with van der Waals surface area (Å²) in [6.07, 6.45) is 0. The molecular weight excluding hydrogens is 384 g/mol. The number of rotatable bonds is 2. The van der Waals surface area contributed by atoms with Crippen LogP contribution in [0.25, 0.3) is 0 Å². The van der Waals surface area contributed by atoms with Gasteiger partial charge in [0.2, 0.25) is 0 Å². The molecule has 0 atom stereocenters. The number of anilines is 2. The van der Waals surface area contributed by atoms with Crippen LogP contribution in [0.5, 0.6) is 0 Å². The van der Waals surface area contributed by atoms with Gasteiger partial charge in [0.1, 0.15) is 0 Å². The molecule has 0 aromatic heterocycles. The summed E-state index contributed by atoms with van der Waals surface area (Å²) in [6, 6.07) is 9.30. The molecular formula is C15H14Br2N2O. The van der Waals surface area contributed by atoms with Crippen LogP contribution in [-0.2, 0) is 0 Å². The first-order valence-electron chi connectivity index (χ1n) is 6.02. The normalized spacial score (nSPS) is 10.4. The zero-order chi connectivity index (χ0) is 14.9. The van der Waals surface area contributed by atoms with E-state index in [0.717, 1.165) is 20.1 Å². The van der Waals surface area contributed by atoms with Gasteiger partial charge in [-0.3, -0.25) is 4.79 Å². The SMILES string of the molecule is Cc1cccc(C)c1C(=O)Nc1c(Br)cc(N)cc1Br. The fraction of sp³-hybridized carbons (Fsp3) is 0.133. The number of nitrogens with one attached hydrogen (secondary N) is 1. The second-order valence-electron chi connectivity index (χ2n) is 4.58. The predicted octanol–water partition coefficient (Wildman–Crippen LogP) is 4.66. The Morgan fingerprint density at radius 2 is 1.60 bits per heavy atom. The molecule has 2 aromatic carbocycles. The number of carbonyl (C=O) groups is 1. The first kappa shape index (κ1) is 15.1. The summed E-state index contributed by atoms with van der Waals surface area (Å²) in [4.78, 5) is 12.5. The molecule has 0 spiro atoms. The summed E-state index contributed by atoms with van der Waals surface area (Å²) in [6.45, 7) is 3.85. The summed E-state index contributed by atoms with van der Waals surface area (Å²) in [5.41, 5.74) is 9.63. The van der Waals surface area contributed by atoms with Gasteiger partial charge in [0, 0.05) is 20.2 Å². The van der Waals surface area contributed by atoms with Crippen molar-refractivity contribution in [3.8, 4) is 0 Å². The fourth-order valence-electron chi connectivity index (χ4n) is 2.06. The Hall–Kier alpha value is -1.33. The highest BCUT2D eigenvalue weighted by atomic mass is 79.9. The van der Waals surface area contributed by atoms with E-state index >= 15 is 0 Å². The Labute approximate surface area is 134 Å². The predicted molar refractivity (Wildman–Crippen MR) is 90.1 cm³/mol. The van der Waals surface area contributed by atoms with Crippen LogP contribution in [0.15, 0.2) is 39.3 Å². The Bertz CT molecular complexity index is 640. The number of amides is 1. The van der Waals surface area contributed by atoms with E-state index in [0.29, 0.717) is 16.9 Å². The number of halogens is 2. The highest BCUT2D eigenvalue weighted by Crippen LogP contribution is 2.34. The summed E-state index contributed by atoms with van der Waals surface area (Å²) >= 11 is 6.82. The van der Waals surface area contributed by atoms with Crippen LogP contribution in [-0.4, -0.2) is 5.91 Å². The molecule has 3 nitrogen and oxygen atoms in total. The van der Waals surface area contributed by atoms with E-state index in [1.54, 1.807) is 12.1 Å². The lowest BCUT2D eigenvalue weighted by Crippen LogP contribution is -2.15. The molecule has 0 bridgehead atoms. The third-order valence-corrected chi connectivity index (χ3v) is 4.26. The number of aryl methyl sites for hydroxylation is 2. The van der Waals surface area contributed by atoms with E-state index in [-0.39, 0.29) is 5.91 Å². The second-order valence-corrected chi connectivity index (χ2v) is 6.29. The quantitative estimate of drug-likeness (QED) is 0.723. The summed E-state index contributed by atoms with van der Waals surface area (Å²) in [5.74, 6) is -0.133. The monoisotopic (exact) mass is 396 g/mol. The zero-order valence-corrected chi connectivity index (χ0v) is 14.3. The van der Waals surface area contributed by atoms with E-state index in [9.17, 15) is 4.79 Å². The summed E-state index contributed by atoms with van der Waals surface area (Å²) in [7, 11) is 0. The van der Waals surface area contributed by atoms with Crippen LogP contribution in [0.4, 0.5) is 11.4 Å². The minimum Gasteiger partial charge on any atom is -0.399 e. The fourth-order valence-corrected chi connectivity index (χ4v) is 3.48. The second kappa shape index (κ2) is 5.97. The van der Waals surface area contributed by atoms with Gasteiger partial charge in [-0.05, 0) is 69.0 Å². The van der Waals surface area contributed by atoms with E-state index in [4.69, 9.17) is 5.73 Å². The molecule has 0 saturated heterocycles. The van der Waals surface area contributed by atoms with Gasteiger partial charge >= 0.3 is 0 Å². The van der Waals surface area contributed by atoms with Gasteiger partial charge in [-0.2, -0.15) is 0 Å². The van der Waals surface area contributed by atoms with E-state index < -0.39 is 0 Å². The van der Waals surface area contributed by atoms with E-state index in [1.807, 2.05) is 32.0 Å². The zero-order valence-electron chi connectivity index (χ0n) is 11.1. The Balaban J connectivity index is 2.38. The van der Waals surface area contributed by atoms with Gasteiger partial charge in [0.25, 0.3) is 5.91 Å². The minimum absolute atomic E-state index is 0.133. The first-order valence-corrected chi connectivity index (χ1v) is 7.61. The van der Waals surface area contributed by atoms with Crippen LogP contribution >= 0.6 is 31.9 Å². The number of carbonyl (C=O) groups excluding carboxylic acids is 1. The number of nitrogens with two attached hydrogens (primary N) is 1. The molecule has 3 N–H and O–H groups in total. The van der Waals surface area contributed by atoms with Gasteiger partial charge in [-0.1, -0.05) is 18.2 Å². The average molecular weight is 398 g/mol. The molecule has 0 aliphatic carbocycles. The molecule has 2 rings (SSSR count). The lowest BCUT2D eigenvalue weighted by atomic mass is 10.0. The van der Waals surface area contributed by atoms with Crippen LogP contribution in [0.1, 0.15) is 21.5 Å². The van der Waals surface area contributed by atoms with Crippen molar-refractivity contribution in [2.45, 2.75) is 13.8 Å². The number of nitrogen functional groups attached to an aromatic ring is 1. The van der Waals surface area contributed by atoms with Gasteiger partial charge in [-0.15, -0.1) is 0 Å². The van der Waals surface area contributed by atoms with E-state index in [1.165, 1.54) is 0 Å². The van der Waals surface area contributed by atoms with Crippen molar-refractivity contribution in [2.75, 3.05) is 11.1 Å². The maximum absolute atomic E-state index is 12.5. The van der Waals surface area contributed by atoms with Gasteiger partial charge in [0.15, 0.2) is 0 Å². The molecule has 0 heterocycles. The average Bonchev–Trinajstić information content (AvgIpc) is 2.33. The molecule has 2 aromatic rings. The molecule has 0 saturated carbocycles. The maximum Gasteiger partial charge on any atom is 0.256 e. The van der Waals surface area contributed by atoms with Crippen LogP contribution in [0.2, 0.25) is 0 Å². The lowest BCUT2D eigenvalue weighted by molar-refractivity contribution is 0.102. The molecule has 104 valence electrons. The van der Waals surface area contributed by atoms with Crippen molar-refractivity contribution < 1.29 is 4.79 Å². The van der Waals surface area contributed by atoms with Crippen LogP contribution in [0, 0.1) is 13.8 Å². The van der Waals surface area contributed by atoms with E-state index in [2.05, 4.69) is 37.2 Å². The Kier molecular flexibility index (Phi) is 4.50. The van der Waals surface area contributed by atoms with Crippen molar-refractivity contribution >= 4 is 49.1 Å². The van der Waals surface area contributed by atoms with Gasteiger partial charge in [-0.25, -0.2) is 0 Å². The van der Waals surface area contributed by atoms with Crippen molar-refractivity contribution in [1.82, 2.24) is 0 Å². The smallest absolute Gasteiger partial charge is 0.256 e.